The van der Waals surface area contributed by atoms with Crippen LogP contribution < -0.4 is 10.1 Å². The van der Waals surface area contributed by atoms with Gasteiger partial charge in [0.25, 0.3) is 0 Å². The summed E-state index contributed by atoms with van der Waals surface area (Å²) in [6, 6.07) is 15.8. The Morgan fingerprint density at radius 1 is 1.12 bits per heavy atom. The number of carbonyl (C=O) groups is 2. The van der Waals surface area contributed by atoms with Crippen LogP contribution in [0.15, 0.2) is 60.8 Å². The number of hydrogen-bond acceptors (Lipinski definition) is 3. The molecule has 1 fully saturated rings. The van der Waals surface area contributed by atoms with Gasteiger partial charge in [-0.2, -0.15) is 8.78 Å². The Labute approximate surface area is 184 Å². The topological polar surface area (TPSA) is 63.6 Å². The van der Waals surface area contributed by atoms with Gasteiger partial charge in [-0.25, -0.2) is 0 Å². The van der Waals surface area contributed by atoms with E-state index in [1.165, 1.54) is 17.5 Å². The molecule has 2 aromatic carbocycles. The zero-order chi connectivity index (χ0) is 22.5. The van der Waals surface area contributed by atoms with E-state index >= 15 is 0 Å². The Hall–Kier alpha value is -3.42. The fourth-order valence-corrected chi connectivity index (χ4v) is 4.09. The quantitative estimate of drug-likeness (QED) is 0.512. The maximum absolute atomic E-state index is 12.7. The molecule has 1 saturated heterocycles. The molecule has 0 bridgehead atoms. The second-order valence-corrected chi connectivity index (χ2v) is 7.81. The molecule has 0 saturated carbocycles. The van der Waals surface area contributed by atoms with Crippen LogP contribution in [0.4, 0.5) is 8.78 Å². The summed E-state index contributed by atoms with van der Waals surface area (Å²) in [5.41, 5.74) is 1.91. The van der Waals surface area contributed by atoms with E-state index in [0.29, 0.717) is 19.4 Å². The number of benzene rings is 2. The van der Waals surface area contributed by atoms with Crippen molar-refractivity contribution in [2.45, 2.75) is 45.0 Å². The molecule has 1 aliphatic rings. The lowest BCUT2D eigenvalue weighted by molar-refractivity contribution is -0.135. The summed E-state index contributed by atoms with van der Waals surface area (Å²) < 4.78 is 31.1. The van der Waals surface area contributed by atoms with Crippen molar-refractivity contribution in [3.8, 4) is 5.75 Å². The number of halogens is 2. The maximum Gasteiger partial charge on any atom is 0.387 e. The highest BCUT2D eigenvalue weighted by Crippen LogP contribution is 2.23. The smallest absolute Gasteiger partial charge is 0.387 e. The van der Waals surface area contributed by atoms with E-state index in [2.05, 4.69) is 32.8 Å². The third-order valence-corrected chi connectivity index (χ3v) is 5.69. The zero-order valence-electron chi connectivity index (χ0n) is 17.5. The minimum atomic E-state index is -2.88. The number of fused-ring (bicyclic) bond motifs is 1. The average molecular weight is 441 g/mol. The number of para-hydroxylation sites is 1. The van der Waals surface area contributed by atoms with E-state index in [4.69, 9.17) is 0 Å². The van der Waals surface area contributed by atoms with Gasteiger partial charge in [0.15, 0.2) is 0 Å². The number of nitrogens with one attached hydrogen (secondary N) is 1. The highest BCUT2D eigenvalue weighted by atomic mass is 19.3. The van der Waals surface area contributed by atoms with Crippen molar-refractivity contribution in [2.75, 3.05) is 6.54 Å². The van der Waals surface area contributed by atoms with Gasteiger partial charge in [0.05, 0.1) is 0 Å². The van der Waals surface area contributed by atoms with E-state index in [0.717, 1.165) is 24.0 Å². The minimum absolute atomic E-state index is 0.0567. The predicted molar refractivity (Wildman–Crippen MR) is 116 cm³/mol. The Kier molecular flexibility index (Phi) is 6.68. The lowest BCUT2D eigenvalue weighted by Gasteiger charge is -2.24. The van der Waals surface area contributed by atoms with Crippen LogP contribution in [0, 0.1) is 0 Å². The van der Waals surface area contributed by atoms with Crippen molar-refractivity contribution >= 4 is 22.7 Å². The van der Waals surface area contributed by atoms with Gasteiger partial charge in [-0.1, -0.05) is 30.3 Å². The molecule has 168 valence electrons. The number of alkyl halides is 2. The van der Waals surface area contributed by atoms with Crippen LogP contribution in [-0.4, -0.2) is 40.5 Å². The fourth-order valence-electron chi connectivity index (χ4n) is 4.09. The Bertz CT molecular complexity index is 1080. The van der Waals surface area contributed by atoms with Gasteiger partial charge in [0.1, 0.15) is 11.8 Å². The van der Waals surface area contributed by atoms with Gasteiger partial charge in [0.2, 0.25) is 11.8 Å². The molecule has 3 aromatic rings. The standard InChI is InChI=1S/C24H25F2N3O3/c25-24(26)32-19-8-6-17(7-9-19)16-29-21(10-11-22(29)30)23(31)27-13-3-14-28-15-12-18-4-1-2-5-20(18)28/h1-2,4-9,12,15,21,24H,3,10-11,13-14,16H2,(H,27,31). The average Bonchev–Trinajstić information content (AvgIpc) is 3.36. The summed E-state index contributed by atoms with van der Waals surface area (Å²) in [5, 5.41) is 4.14. The van der Waals surface area contributed by atoms with E-state index in [-0.39, 0.29) is 24.1 Å². The number of rotatable bonds is 9. The van der Waals surface area contributed by atoms with Gasteiger partial charge >= 0.3 is 6.61 Å². The molecule has 2 heterocycles. The normalized spacial score (nSPS) is 16.2. The van der Waals surface area contributed by atoms with Gasteiger partial charge in [0, 0.05) is 37.8 Å². The number of hydrogen-bond donors (Lipinski definition) is 1. The van der Waals surface area contributed by atoms with Gasteiger partial charge < -0.3 is 19.5 Å². The van der Waals surface area contributed by atoms with E-state index < -0.39 is 12.7 Å². The van der Waals surface area contributed by atoms with E-state index in [1.54, 1.807) is 17.0 Å². The fraction of sp³-hybridized carbons (Fsp3) is 0.333. The van der Waals surface area contributed by atoms with Crippen molar-refractivity contribution in [1.82, 2.24) is 14.8 Å². The number of likely N-dealkylation sites (tertiary alicyclic amines) is 1. The predicted octanol–water partition coefficient (Wildman–Crippen LogP) is 3.94. The molecule has 6 nitrogen and oxygen atoms in total. The molecule has 1 aliphatic heterocycles. The maximum atomic E-state index is 12.7. The van der Waals surface area contributed by atoms with Crippen molar-refractivity contribution in [2.24, 2.45) is 0 Å². The van der Waals surface area contributed by atoms with Crippen LogP contribution in [0.5, 0.6) is 5.75 Å². The Morgan fingerprint density at radius 2 is 1.91 bits per heavy atom. The van der Waals surface area contributed by atoms with Crippen LogP contribution in [0.1, 0.15) is 24.8 Å². The first-order valence-corrected chi connectivity index (χ1v) is 10.7. The summed E-state index contributed by atoms with van der Waals surface area (Å²) >= 11 is 0. The second kappa shape index (κ2) is 9.80. The highest BCUT2D eigenvalue weighted by Gasteiger charge is 2.35. The van der Waals surface area contributed by atoms with Crippen molar-refractivity contribution in [3.05, 3.63) is 66.4 Å². The lowest BCUT2D eigenvalue weighted by Crippen LogP contribution is -2.44. The second-order valence-electron chi connectivity index (χ2n) is 7.81. The van der Waals surface area contributed by atoms with Crippen LogP contribution >= 0.6 is 0 Å². The lowest BCUT2D eigenvalue weighted by atomic mass is 10.1. The molecule has 4 rings (SSSR count). The first-order chi connectivity index (χ1) is 15.5. The summed E-state index contributed by atoms with van der Waals surface area (Å²) in [4.78, 5) is 26.6. The molecule has 0 radical (unpaired) electrons. The van der Waals surface area contributed by atoms with Crippen LogP contribution in [-0.2, 0) is 22.7 Å². The van der Waals surface area contributed by atoms with Crippen molar-refractivity contribution in [3.63, 3.8) is 0 Å². The molecule has 1 atom stereocenters. The summed E-state index contributed by atoms with van der Waals surface area (Å²) in [6.07, 6.45) is 3.61. The van der Waals surface area contributed by atoms with Gasteiger partial charge in [-0.15, -0.1) is 0 Å². The zero-order valence-corrected chi connectivity index (χ0v) is 17.5. The van der Waals surface area contributed by atoms with Gasteiger partial charge in [-0.05, 0) is 48.1 Å². The molecule has 1 aromatic heterocycles. The number of aryl methyl sites for hydroxylation is 1. The largest absolute Gasteiger partial charge is 0.435 e. The minimum Gasteiger partial charge on any atom is -0.435 e. The number of ether oxygens (including phenoxy) is 1. The first-order valence-electron chi connectivity index (χ1n) is 10.7. The van der Waals surface area contributed by atoms with E-state index in [9.17, 15) is 18.4 Å². The molecule has 0 spiro atoms. The Balaban J connectivity index is 1.29. The molecule has 2 amide bonds. The summed E-state index contributed by atoms with van der Waals surface area (Å²) in [6.45, 7) is -1.33. The monoisotopic (exact) mass is 441 g/mol. The molecule has 8 heteroatoms. The molecular formula is C24H25F2N3O3. The molecule has 1 unspecified atom stereocenters. The number of aromatic nitrogens is 1. The SMILES string of the molecule is O=C(NCCCn1ccc2ccccc21)C1CCC(=O)N1Cc1ccc(OC(F)F)cc1. The molecule has 0 aliphatic carbocycles. The third kappa shape index (κ3) is 5.07. The van der Waals surface area contributed by atoms with Crippen LogP contribution in [0.2, 0.25) is 0 Å². The Morgan fingerprint density at radius 3 is 2.69 bits per heavy atom. The number of amides is 2. The van der Waals surface area contributed by atoms with E-state index in [1.807, 2.05) is 18.3 Å². The van der Waals surface area contributed by atoms with Crippen molar-refractivity contribution in [1.29, 1.82) is 0 Å². The highest BCUT2D eigenvalue weighted by molar-refractivity contribution is 5.90. The summed E-state index contributed by atoms with van der Waals surface area (Å²) in [5.74, 6) is -0.191. The molecule has 32 heavy (non-hydrogen) atoms. The molecule has 1 N–H and O–H groups in total. The number of carbonyl (C=O) groups excluding carboxylic acids is 2. The summed E-state index contributed by atoms with van der Waals surface area (Å²) in [7, 11) is 0. The number of nitrogens with zero attached hydrogens (tertiary/aromatic N) is 2. The van der Waals surface area contributed by atoms with Crippen molar-refractivity contribution < 1.29 is 23.1 Å². The van der Waals surface area contributed by atoms with Gasteiger partial charge in [-0.3, -0.25) is 9.59 Å². The van der Waals surface area contributed by atoms with Crippen LogP contribution in [0.25, 0.3) is 10.9 Å². The first kappa shape index (κ1) is 21.8. The van der Waals surface area contributed by atoms with Crippen LogP contribution in [0.3, 0.4) is 0 Å². The third-order valence-electron chi connectivity index (χ3n) is 5.69. The molecular weight excluding hydrogens is 416 g/mol.